The van der Waals surface area contributed by atoms with E-state index in [9.17, 15) is 13.2 Å². The van der Waals surface area contributed by atoms with Crippen LogP contribution in [0.4, 0.5) is 10.6 Å². The number of urea groups is 1. The largest absolute Gasteiger partial charge is 0.324 e. The summed E-state index contributed by atoms with van der Waals surface area (Å²) >= 11 is 0. The van der Waals surface area contributed by atoms with Crippen LogP contribution in [0, 0.1) is 6.92 Å². The van der Waals surface area contributed by atoms with E-state index >= 15 is 0 Å². The molecule has 0 spiro atoms. The van der Waals surface area contributed by atoms with Crippen LogP contribution in [0.5, 0.6) is 0 Å². The van der Waals surface area contributed by atoms with Crippen LogP contribution in [0.2, 0.25) is 0 Å². The SMILES string of the molecule is Cc1cnn(C2CCN(C(=O)Nc3ccc(S(=O)(=O)N4CCCCC4)cn3)CC2)c1. The normalized spacial score (nSPS) is 19.0. The molecule has 0 saturated carbocycles. The van der Waals surface area contributed by atoms with Gasteiger partial charge in [-0.3, -0.25) is 10.00 Å². The number of aromatic nitrogens is 3. The highest BCUT2D eigenvalue weighted by atomic mass is 32.2. The maximum atomic E-state index is 12.7. The van der Waals surface area contributed by atoms with Crippen molar-refractivity contribution in [3.63, 3.8) is 0 Å². The van der Waals surface area contributed by atoms with E-state index in [0.29, 0.717) is 38.0 Å². The van der Waals surface area contributed by atoms with Crippen LogP contribution in [0.15, 0.2) is 35.6 Å². The summed E-state index contributed by atoms with van der Waals surface area (Å²) in [6.45, 7) is 4.39. The van der Waals surface area contributed by atoms with Gasteiger partial charge in [0.25, 0.3) is 0 Å². The number of amides is 2. The van der Waals surface area contributed by atoms with Gasteiger partial charge >= 0.3 is 6.03 Å². The smallest absolute Gasteiger partial charge is 0.323 e. The summed E-state index contributed by atoms with van der Waals surface area (Å²) in [6.07, 6.45) is 9.72. The molecule has 30 heavy (non-hydrogen) atoms. The molecule has 2 aromatic heterocycles. The molecule has 2 saturated heterocycles. The van der Waals surface area contributed by atoms with Gasteiger partial charge in [0.15, 0.2) is 0 Å². The number of pyridine rings is 1. The number of carbonyl (C=O) groups is 1. The molecular weight excluding hydrogens is 404 g/mol. The number of nitrogens with one attached hydrogen (secondary N) is 1. The van der Waals surface area contributed by atoms with Crippen LogP contribution < -0.4 is 5.32 Å². The minimum atomic E-state index is -3.52. The Morgan fingerprint density at radius 2 is 1.80 bits per heavy atom. The molecule has 4 heterocycles. The predicted molar refractivity (Wildman–Crippen MR) is 113 cm³/mol. The fourth-order valence-corrected chi connectivity index (χ4v) is 5.48. The Kier molecular flexibility index (Phi) is 6.05. The number of likely N-dealkylation sites (tertiary alicyclic amines) is 1. The van der Waals surface area contributed by atoms with Gasteiger partial charge in [0.1, 0.15) is 10.7 Å². The number of piperidine rings is 2. The van der Waals surface area contributed by atoms with Gasteiger partial charge in [-0.15, -0.1) is 0 Å². The number of anilines is 1. The number of hydrogen-bond acceptors (Lipinski definition) is 5. The van der Waals surface area contributed by atoms with E-state index in [0.717, 1.165) is 37.7 Å². The summed E-state index contributed by atoms with van der Waals surface area (Å²) < 4.78 is 28.9. The van der Waals surface area contributed by atoms with E-state index < -0.39 is 10.0 Å². The zero-order valence-corrected chi connectivity index (χ0v) is 18.0. The lowest BCUT2D eigenvalue weighted by Crippen LogP contribution is -2.41. The first kappa shape index (κ1) is 20.8. The Morgan fingerprint density at radius 3 is 2.40 bits per heavy atom. The van der Waals surface area contributed by atoms with E-state index in [1.165, 1.54) is 16.6 Å². The van der Waals surface area contributed by atoms with Crippen LogP contribution in [0.3, 0.4) is 0 Å². The van der Waals surface area contributed by atoms with E-state index in [1.54, 1.807) is 11.0 Å². The van der Waals surface area contributed by atoms with Gasteiger partial charge in [-0.25, -0.2) is 18.2 Å². The third-order valence-corrected chi connectivity index (χ3v) is 7.66. The Balaban J connectivity index is 1.33. The van der Waals surface area contributed by atoms with Crippen LogP contribution in [-0.2, 0) is 10.0 Å². The lowest BCUT2D eigenvalue weighted by atomic mass is 10.1. The maximum Gasteiger partial charge on any atom is 0.323 e. The molecule has 0 aliphatic carbocycles. The molecule has 2 aliphatic rings. The van der Waals surface area contributed by atoms with Gasteiger partial charge < -0.3 is 4.90 Å². The third-order valence-electron chi connectivity index (χ3n) is 5.78. The first-order valence-corrected chi connectivity index (χ1v) is 11.9. The summed E-state index contributed by atoms with van der Waals surface area (Å²) in [5, 5.41) is 7.15. The molecule has 0 aromatic carbocycles. The lowest BCUT2D eigenvalue weighted by molar-refractivity contribution is 0.180. The minimum Gasteiger partial charge on any atom is -0.324 e. The molecule has 10 heteroatoms. The van der Waals surface area contributed by atoms with Crippen molar-refractivity contribution in [3.05, 3.63) is 36.3 Å². The second-order valence-electron chi connectivity index (χ2n) is 7.99. The molecular formula is C20H28N6O3S. The Bertz CT molecular complexity index is 974. The molecule has 2 fully saturated rings. The molecule has 1 N–H and O–H groups in total. The van der Waals surface area contributed by atoms with Crippen molar-refractivity contribution in [1.29, 1.82) is 0 Å². The van der Waals surface area contributed by atoms with Crippen molar-refractivity contribution in [1.82, 2.24) is 24.0 Å². The summed E-state index contributed by atoms with van der Waals surface area (Å²) in [5.41, 5.74) is 1.13. The van der Waals surface area contributed by atoms with Gasteiger partial charge in [-0.05, 0) is 50.3 Å². The minimum absolute atomic E-state index is 0.165. The molecule has 2 aromatic rings. The fourth-order valence-electron chi connectivity index (χ4n) is 4.02. The molecule has 162 valence electrons. The zero-order valence-electron chi connectivity index (χ0n) is 17.2. The summed E-state index contributed by atoms with van der Waals surface area (Å²) in [4.78, 5) is 18.7. The number of sulfonamides is 1. The monoisotopic (exact) mass is 432 g/mol. The van der Waals surface area contributed by atoms with Crippen molar-refractivity contribution >= 4 is 21.9 Å². The number of nitrogens with zero attached hydrogens (tertiary/aromatic N) is 5. The lowest BCUT2D eigenvalue weighted by Gasteiger charge is -2.32. The predicted octanol–water partition coefficient (Wildman–Crippen LogP) is 2.63. The second-order valence-corrected chi connectivity index (χ2v) is 9.93. The Morgan fingerprint density at radius 1 is 1.07 bits per heavy atom. The highest BCUT2D eigenvalue weighted by Gasteiger charge is 2.27. The summed E-state index contributed by atoms with van der Waals surface area (Å²) in [7, 11) is -3.52. The molecule has 4 rings (SSSR count). The first-order valence-electron chi connectivity index (χ1n) is 10.5. The zero-order chi connectivity index (χ0) is 21.1. The third kappa shape index (κ3) is 4.49. The maximum absolute atomic E-state index is 12.7. The molecule has 0 unspecified atom stereocenters. The van der Waals surface area contributed by atoms with E-state index in [4.69, 9.17) is 0 Å². The highest BCUT2D eigenvalue weighted by Crippen LogP contribution is 2.23. The fraction of sp³-hybridized carbons (Fsp3) is 0.550. The van der Waals surface area contributed by atoms with Crippen LogP contribution in [0.1, 0.15) is 43.7 Å². The van der Waals surface area contributed by atoms with E-state index in [2.05, 4.69) is 15.4 Å². The van der Waals surface area contributed by atoms with Crippen molar-refractivity contribution in [2.24, 2.45) is 0 Å². The second kappa shape index (κ2) is 8.73. The van der Waals surface area contributed by atoms with E-state index in [1.807, 2.05) is 24.0 Å². The molecule has 2 amide bonds. The topological polar surface area (TPSA) is 100 Å². The molecule has 0 atom stereocenters. The number of carbonyl (C=O) groups excluding carboxylic acids is 1. The van der Waals surface area contributed by atoms with Crippen LogP contribution in [-0.4, -0.2) is 64.6 Å². The van der Waals surface area contributed by atoms with Gasteiger partial charge in [0.2, 0.25) is 10.0 Å². The summed E-state index contributed by atoms with van der Waals surface area (Å²) in [6, 6.07) is 3.15. The average Bonchev–Trinajstić information content (AvgIpc) is 3.21. The van der Waals surface area contributed by atoms with Crippen molar-refractivity contribution in [2.75, 3.05) is 31.5 Å². The van der Waals surface area contributed by atoms with Crippen molar-refractivity contribution in [2.45, 2.75) is 50.0 Å². The molecule has 0 radical (unpaired) electrons. The Labute approximate surface area is 177 Å². The summed E-state index contributed by atoms with van der Waals surface area (Å²) in [5.74, 6) is 0.349. The van der Waals surface area contributed by atoms with Crippen molar-refractivity contribution < 1.29 is 13.2 Å². The van der Waals surface area contributed by atoms with Crippen LogP contribution in [0.25, 0.3) is 0 Å². The number of rotatable bonds is 4. The number of hydrogen-bond donors (Lipinski definition) is 1. The Hall–Kier alpha value is -2.46. The first-order chi connectivity index (χ1) is 14.4. The standard InChI is InChI=1S/C20H28N6O3S/c1-16-13-22-26(15-16)17-7-11-24(12-8-17)20(27)23-19-6-5-18(14-21-19)30(28,29)25-9-3-2-4-10-25/h5-6,13-15,17H,2-4,7-12H2,1H3,(H,21,23,27). The molecule has 0 bridgehead atoms. The van der Waals surface area contributed by atoms with Gasteiger partial charge in [0, 0.05) is 38.6 Å². The van der Waals surface area contributed by atoms with Crippen molar-refractivity contribution in [3.8, 4) is 0 Å². The quantitative estimate of drug-likeness (QED) is 0.800. The van der Waals surface area contributed by atoms with Gasteiger partial charge in [-0.1, -0.05) is 6.42 Å². The molecule has 9 nitrogen and oxygen atoms in total. The van der Waals surface area contributed by atoms with Crippen LogP contribution >= 0.6 is 0 Å². The van der Waals surface area contributed by atoms with E-state index in [-0.39, 0.29) is 10.9 Å². The van der Waals surface area contributed by atoms with Gasteiger partial charge in [0.05, 0.1) is 12.2 Å². The van der Waals surface area contributed by atoms with Gasteiger partial charge in [-0.2, -0.15) is 9.40 Å². The molecule has 2 aliphatic heterocycles. The number of aryl methyl sites for hydroxylation is 1. The highest BCUT2D eigenvalue weighted by molar-refractivity contribution is 7.89. The average molecular weight is 433 g/mol.